The number of nitrogens with one attached hydrogen (secondary N) is 4. The van der Waals surface area contributed by atoms with Crippen LogP contribution in [0.3, 0.4) is 0 Å². The number of methoxy groups -OCH3 is 2. The van der Waals surface area contributed by atoms with Crippen molar-refractivity contribution in [2.45, 2.75) is 76.5 Å². The number of fused-ring (bicyclic) bond motifs is 4. The number of carbonyl (C=O) groups is 4. The Bertz CT molecular complexity index is 2740. The molecule has 0 spiro atoms. The zero-order valence-corrected chi connectivity index (χ0v) is 36.9. The molecule has 16 heteroatoms. The van der Waals surface area contributed by atoms with Crippen LogP contribution < -0.4 is 10.6 Å². The lowest BCUT2D eigenvalue weighted by molar-refractivity contribution is -0.135. The summed E-state index contributed by atoms with van der Waals surface area (Å²) in [6, 6.07) is 13.0. The molecule has 0 radical (unpaired) electrons. The van der Waals surface area contributed by atoms with Crippen molar-refractivity contribution in [2.24, 2.45) is 5.92 Å². The van der Waals surface area contributed by atoms with Gasteiger partial charge >= 0.3 is 12.2 Å². The number of aromatic amines is 2. The van der Waals surface area contributed by atoms with E-state index in [1.165, 1.54) is 20.3 Å². The van der Waals surface area contributed by atoms with E-state index in [1.807, 2.05) is 51.1 Å². The van der Waals surface area contributed by atoms with Crippen LogP contribution in [-0.4, -0.2) is 93.1 Å². The molecule has 2 saturated heterocycles. The van der Waals surface area contributed by atoms with Crippen LogP contribution in [0.25, 0.3) is 44.5 Å². The summed E-state index contributed by atoms with van der Waals surface area (Å²) in [4.78, 5) is 71.4. The van der Waals surface area contributed by atoms with Crippen molar-refractivity contribution in [1.29, 1.82) is 0 Å². The van der Waals surface area contributed by atoms with E-state index in [9.17, 15) is 19.2 Å². The minimum atomic E-state index is -3.31. The molecule has 0 bridgehead atoms. The van der Waals surface area contributed by atoms with Gasteiger partial charge in [-0.2, -0.15) is 8.78 Å². The van der Waals surface area contributed by atoms with Gasteiger partial charge in [-0.1, -0.05) is 75.1 Å². The second kappa shape index (κ2) is 18.2. The van der Waals surface area contributed by atoms with Gasteiger partial charge in [-0.25, -0.2) is 19.6 Å². The highest BCUT2D eigenvalue weighted by atomic mass is 19.3. The van der Waals surface area contributed by atoms with Crippen LogP contribution in [-0.2, 0) is 25.0 Å². The van der Waals surface area contributed by atoms with Gasteiger partial charge in [0.1, 0.15) is 23.7 Å². The molecule has 5 aromatic rings. The minimum Gasteiger partial charge on any atom is -0.453 e. The van der Waals surface area contributed by atoms with Gasteiger partial charge in [-0.05, 0) is 90.6 Å². The van der Waals surface area contributed by atoms with E-state index in [1.54, 1.807) is 58.5 Å². The lowest BCUT2D eigenvalue weighted by Gasteiger charge is -2.29. The van der Waals surface area contributed by atoms with Crippen molar-refractivity contribution in [1.82, 2.24) is 40.4 Å². The normalized spacial score (nSPS) is 18.6. The Morgan fingerprint density at radius 2 is 1.42 bits per heavy atom. The number of carbonyl (C=O) groups excluding carboxylic acids is 4. The number of allylic oxidation sites excluding steroid dienone is 3. The number of H-pyrrole nitrogens is 2. The molecular formula is C49H52F2N8O6. The molecule has 65 heavy (non-hydrogen) atoms. The first-order chi connectivity index (χ1) is 31.2. The summed E-state index contributed by atoms with van der Waals surface area (Å²) in [6.45, 7) is 10.5. The van der Waals surface area contributed by atoms with Crippen LogP contribution >= 0.6 is 0 Å². The number of rotatable bonds is 12. The maximum atomic E-state index is 16.6. The molecule has 3 aliphatic rings. The van der Waals surface area contributed by atoms with Crippen molar-refractivity contribution in [2.75, 3.05) is 27.3 Å². The molecule has 0 saturated carbocycles. The third kappa shape index (κ3) is 8.52. The Hall–Kier alpha value is -7.10. The fourth-order valence-corrected chi connectivity index (χ4v) is 9.14. The highest BCUT2D eigenvalue weighted by Crippen LogP contribution is 2.53. The fourth-order valence-electron chi connectivity index (χ4n) is 9.14. The predicted molar refractivity (Wildman–Crippen MR) is 242 cm³/mol. The van der Waals surface area contributed by atoms with Crippen LogP contribution in [0.4, 0.5) is 18.4 Å². The molecule has 14 nitrogen and oxygen atoms in total. The number of alkyl halides is 2. The fraction of sp³-hybridized carbons (Fsp3) is 0.347. The Morgan fingerprint density at radius 1 is 0.815 bits per heavy atom. The number of nitrogens with zero attached hydrogens (tertiary/aromatic N) is 4. The lowest BCUT2D eigenvalue weighted by Crippen LogP contribution is -2.51. The van der Waals surface area contributed by atoms with E-state index in [0.717, 1.165) is 12.0 Å². The molecular weight excluding hydrogens is 835 g/mol. The standard InChI is InChI=1S/C49H52F2N8O6/c1-7-8-9-12-28(4)42(57-48(63)65-6)46(61)58-21-10-13-39(58)43-52-26-38(55-43)31-16-19-33-32-18-15-29(23-34(32)49(50,51)35(33)24-31)30-17-20-36-37(25-30)54-44(53-36)40-14-11-22-59(40)45(60)41(27(2)3)56-47(62)64-5/h7-9,12,15-20,23-27,39-42H,4,10-11,13-14,21-22H2,1-3,5-6H3,(H,52,55)(H,53,54)(H,56,62)(H,57,63)/b8-7-,12-9-/t39-,40-,41-,42+/m0/s1. The number of amides is 4. The molecule has 1 aliphatic carbocycles. The van der Waals surface area contributed by atoms with Gasteiger partial charge in [0, 0.05) is 29.8 Å². The molecule has 8 rings (SSSR count). The summed E-state index contributed by atoms with van der Waals surface area (Å²) < 4.78 is 42.7. The van der Waals surface area contributed by atoms with E-state index in [-0.39, 0.29) is 34.9 Å². The van der Waals surface area contributed by atoms with Gasteiger partial charge in [-0.15, -0.1) is 0 Å². The van der Waals surface area contributed by atoms with Gasteiger partial charge in [0.05, 0.1) is 49.2 Å². The lowest BCUT2D eigenvalue weighted by atomic mass is 9.98. The molecule has 2 aromatic heterocycles. The quantitative estimate of drug-likeness (QED) is 0.0899. The summed E-state index contributed by atoms with van der Waals surface area (Å²) in [7, 11) is 2.48. The molecule has 0 unspecified atom stereocenters. The largest absolute Gasteiger partial charge is 0.453 e. The highest BCUT2D eigenvalue weighted by Gasteiger charge is 2.45. The molecule has 4 N–H and O–H groups in total. The van der Waals surface area contributed by atoms with Gasteiger partial charge < -0.3 is 39.9 Å². The first kappa shape index (κ1) is 44.5. The molecule has 3 aromatic carbocycles. The number of benzene rings is 3. The van der Waals surface area contributed by atoms with Crippen LogP contribution in [0.5, 0.6) is 0 Å². The van der Waals surface area contributed by atoms with Crippen molar-refractivity contribution in [3.63, 3.8) is 0 Å². The maximum Gasteiger partial charge on any atom is 0.407 e. The second-order valence-corrected chi connectivity index (χ2v) is 16.9. The highest BCUT2D eigenvalue weighted by molar-refractivity contribution is 5.90. The molecule has 2 aliphatic heterocycles. The van der Waals surface area contributed by atoms with Crippen molar-refractivity contribution >= 4 is 35.0 Å². The first-order valence-corrected chi connectivity index (χ1v) is 21.7. The van der Waals surface area contributed by atoms with Gasteiger partial charge in [-0.3, -0.25) is 9.59 Å². The van der Waals surface area contributed by atoms with E-state index in [2.05, 4.69) is 32.2 Å². The number of aromatic nitrogens is 4. The second-order valence-electron chi connectivity index (χ2n) is 16.9. The topological polar surface area (TPSA) is 175 Å². The third-order valence-electron chi connectivity index (χ3n) is 12.5. The number of hydrogen-bond donors (Lipinski definition) is 4. The third-order valence-corrected chi connectivity index (χ3v) is 12.5. The zero-order valence-electron chi connectivity index (χ0n) is 36.9. The number of imidazole rings is 2. The SMILES string of the molecule is C=C(/C=C\C=C/C)[C@@H](NC(=O)OC)C(=O)N1CCC[C@H]1c1ncc(-c2ccc3c(c2)C(F)(F)c2cc(-c4ccc5nc([C@@H]6CCCN6C(=O)[C@@H](NC(=O)OC)C(C)C)[nH]c5c4)ccc2-3)[nH]1. The van der Waals surface area contributed by atoms with E-state index >= 15 is 8.78 Å². The van der Waals surface area contributed by atoms with Crippen LogP contribution in [0.1, 0.15) is 81.3 Å². The van der Waals surface area contributed by atoms with E-state index in [0.29, 0.717) is 88.6 Å². The van der Waals surface area contributed by atoms with Crippen molar-refractivity contribution in [3.8, 4) is 33.5 Å². The molecule has 4 amide bonds. The average molecular weight is 887 g/mol. The molecule has 2 fully saturated rings. The average Bonchev–Trinajstić information content (AvgIpc) is 4.16. The molecule has 4 heterocycles. The van der Waals surface area contributed by atoms with Crippen LogP contribution in [0.2, 0.25) is 0 Å². The Kier molecular flexibility index (Phi) is 12.4. The summed E-state index contributed by atoms with van der Waals surface area (Å²) in [5.41, 5.74) is 4.77. The molecule has 4 atom stereocenters. The van der Waals surface area contributed by atoms with Crippen molar-refractivity contribution in [3.05, 3.63) is 120 Å². The van der Waals surface area contributed by atoms with Crippen LogP contribution in [0.15, 0.2) is 97.3 Å². The Balaban J connectivity index is 1.01. The number of likely N-dealkylation sites (tertiary alicyclic amines) is 2. The number of alkyl carbamates (subject to hydrolysis) is 2. The van der Waals surface area contributed by atoms with Gasteiger partial charge in [0.2, 0.25) is 5.91 Å². The smallest absolute Gasteiger partial charge is 0.407 e. The summed E-state index contributed by atoms with van der Waals surface area (Å²) in [6.07, 6.45) is 9.90. The van der Waals surface area contributed by atoms with Gasteiger partial charge in [0.25, 0.3) is 11.8 Å². The van der Waals surface area contributed by atoms with Crippen LogP contribution in [0, 0.1) is 5.92 Å². The van der Waals surface area contributed by atoms with E-state index < -0.39 is 36.2 Å². The predicted octanol–water partition coefficient (Wildman–Crippen LogP) is 8.86. The summed E-state index contributed by atoms with van der Waals surface area (Å²) in [5, 5.41) is 5.27. The van der Waals surface area contributed by atoms with Gasteiger partial charge in [0.15, 0.2) is 0 Å². The number of halogens is 2. The zero-order chi connectivity index (χ0) is 46.2. The van der Waals surface area contributed by atoms with E-state index in [4.69, 9.17) is 14.5 Å². The Labute approximate surface area is 375 Å². The van der Waals surface area contributed by atoms with Crippen molar-refractivity contribution < 1.29 is 37.4 Å². The summed E-state index contributed by atoms with van der Waals surface area (Å²) in [5.74, 6) is -2.94. The maximum absolute atomic E-state index is 16.6. The summed E-state index contributed by atoms with van der Waals surface area (Å²) >= 11 is 0. The molecule has 338 valence electrons. The monoisotopic (exact) mass is 886 g/mol. The Morgan fingerprint density at radius 3 is 2.08 bits per heavy atom. The minimum absolute atomic E-state index is 0.101. The first-order valence-electron chi connectivity index (χ1n) is 21.7. The number of ether oxygens (including phenoxy) is 2. The number of hydrogen-bond acceptors (Lipinski definition) is 8.